The Morgan fingerprint density at radius 1 is 1.44 bits per heavy atom. The summed E-state index contributed by atoms with van der Waals surface area (Å²) in [6.45, 7) is 4.13. The highest BCUT2D eigenvalue weighted by Crippen LogP contribution is 2.15. The normalized spacial score (nSPS) is 10.9. The van der Waals surface area contributed by atoms with Crippen molar-refractivity contribution in [2.45, 2.75) is 22.2 Å². The third-order valence-electron chi connectivity index (χ3n) is 0.853. The molecule has 3 heteroatoms. The molecule has 0 fully saturated rings. The summed E-state index contributed by atoms with van der Waals surface area (Å²) in [5, 5.41) is 0. The average molecular weight is 352 g/mol. The summed E-state index contributed by atoms with van der Waals surface area (Å²) < 4.78 is 0.155. The Morgan fingerprint density at radius 2 is 1.89 bits per heavy atom. The van der Waals surface area contributed by atoms with E-state index in [0.717, 1.165) is 6.42 Å². The highest BCUT2D eigenvalue weighted by Gasteiger charge is 2.10. The second-order valence-corrected chi connectivity index (χ2v) is 7.24. The number of alkyl halides is 2. The topological polar surface area (TPSA) is 17.1 Å². The van der Waals surface area contributed by atoms with Crippen LogP contribution in [0.1, 0.15) is 20.3 Å². The molecule has 0 radical (unpaired) electrons. The van der Waals surface area contributed by atoms with Crippen LogP contribution in [0.3, 0.4) is 0 Å². The first kappa shape index (κ1) is 10.1. The molecule has 9 heavy (non-hydrogen) atoms. The van der Waals surface area contributed by atoms with Crippen molar-refractivity contribution in [3.8, 4) is 0 Å². The highest BCUT2D eigenvalue weighted by molar-refractivity contribution is 14.2. The van der Waals surface area contributed by atoms with E-state index >= 15 is 0 Å². The molecule has 0 unspecified atom stereocenters. The second kappa shape index (κ2) is 4.87. The van der Waals surface area contributed by atoms with E-state index in [1.165, 1.54) is 0 Å². The molecule has 0 aromatic carbocycles. The Hall–Kier alpha value is 1.13. The third kappa shape index (κ3) is 5.57. The number of ketones is 1. The van der Waals surface area contributed by atoms with Crippen molar-refractivity contribution in [2.75, 3.05) is 0 Å². The molecular weight excluding hydrogens is 342 g/mol. The molecule has 0 aromatic heterocycles. The Labute approximate surface area is 83.2 Å². The Morgan fingerprint density at radius 3 is 2.00 bits per heavy atom. The maximum absolute atomic E-state index is 10.9. The molecule has 0 saturated heterocycles. The molecule has 0 amide bonds. The van der Waals surface area contributed by atoms with Crippen LogP contribution in [-0.4, -0.2) is 7.71 Å². The number of halogens is 2. The van der Waals surface area contributed by atoms with Gasteiger partial charge in [-0.25, -0.2) is 0 Å². The molecular formula is C6H10I2O. The summed E-state index contributed by atoms with van der Waals surface area (Å²) in [6, 6.07) is 0. The molecule has 0 aliphatic heterocycles. The maximum atomic E-state index is 10.9. The number of hydrogen-bond acceptors (Lipinski definition) is 1. The minimum absolute atomic E-state index is 0.155. The molecule has 1 nitrogen and oxygen atoms in total. The van der Waals surface area contributed by atoms with Crippen LogP contribution in [-0.2, 0) is 4.79 Å². The summed E-state index contributed by atoms with van der Waals surface area (Å²) >= 11 is 4.28. The van der Waals surface area contributed by atoms with Crippen LogP contribution in [0.5, 0.6) is 0 Å². The van der Waals surface area contributed by atoms with Crippen LogP contribution in [0, 0.1) is 5.92 Å². The van der Waals surface area contributed by atoms with E-state index in [1.807, 2.05) is 0 Å². The van der Waals surface area contributed by atoms with Crippen LogP contribution in [0.15, 0.2) is 0 Å². The fourth-order valence-electron chi connectivity index (χ4n) is 0.491. The summed E-state index contributed by atoms with van der Waals surface area (Å²) in [6.07, 6.45) is 0.719. The molecule has 0 aromatic rings. The molecule has 0 aliphatic carbocycles. The minimum atomic E-state index is 0.155. The van der Waals surface area contributed by atoms with E-state index in [-0.39, 0.29) is 1.93 Å². The van der Waals surface area contributed by atoms with Gasteiger partial charge in [-0.3, -0.25) is 4.79 Å². The number of Topliss-reactive ketones (excluding diaryl/α,β-unsaturated/α-hetero) is 1. The van der Waals surface area contributed by atoms with Gasteiger partial charge in [0.1, 0.15) is 1.93 Å². The molecule has 54 valence electrons. The first-order valence-corrected chi connectivity index (χ1v) is 5.34. The van der Waals surface area contributed by atoms with Crippen LogP contribution in [0.4, 0.5) is 0 Å². The number of carbonyl (C=O) groups excluding carboxylic acids is 1. The SMILES string of the molecule is CC(C)CC(=O)C(I)I. The lowest BCUT2D eigenvalue weighted by Gasteiger charge is -2.02. The van der Waals surface area contributed by atoms with Crippen molar-refractivity contribution in [1.29, 1.82) is 0 Å². The highest BCUT2D eigenvalue weighted by atomic mass is 127. The summed E-state index contributed by atoms with van der Waals surface area (Å²) in [7, 11) is 0. The number of rotatable bonds is 3. The monoisotopic (exact) mass is 352 g/mol. The van der Waals surface area contributed by atoms with E-state index in [0.29, 0.717) is 11.7 Å². The Kier molecular flexibility index (Phi) is 5.48. The lowest BCUT2D eigenvalue weighted by molar-refractivity contribution is -0.117. The predicted molar refractivity (Wildman–Crippen MR) is 56.3 cm³/mol. The van der Waals surface area contributed by atoms with Gasteiger partial charge >= 0.3 is 0 Å². The molecule has 0 rings (SSSR count). The molecule has 0 saturated carbocycles. The van der Waals surface area contributed by atoms with Gasteiger partial charge in [-0.15, -0.1) is 0 Å². The zero-order chi connectivity index (χ0) is 7.44. The van der Waals surface area contributed by atoms with Gasteiger partial charge in [0.2, 0.25) is 0 Å². The predicted octanol–water partition coefficient (Wildman–Crippen LogP) is 2.80. The number of hydrogen-bond donors (Lipinski definition) is 0. The van der Waals surface area contributed by atoms with Crippen molar-refractivity contribution >= 4 is 51.0 Å². The lowest BCUT2D eigenvalue weighted by atomic mass is 10.1. The largest absolute Gasteiger partial charge is 0.298 e. The maximum Gasteiger partial charge on any atom is 0.155 e. The van der Waals surface area contributed by atoms with Crippen LogP contribution >= 0.6 is 45.2 Å². The van der Waals surface area contributed by atoms with Gasteiger partial charge in [0.15, 0.2) is 5.78 Å². The van der Waals surface area contributed by atoms with Gasteiger partial charge in [0.05, 0.1) is 0 Å². The van der Waals surface area contributed by atoms with Gasteiger partial charge in [-0.1, -0.05) is 59.0 Å². The smallest absolute Gasteiger partial charge is 0.155 e. The molecule has 0 N–H and O–H groups in total. The fourth-order valence-corrected chi connectivity index (χ4v) is 1.000. The summed E-state index contributed by atoms with van der Waals surface area (Å²) in [5.74, 6) is 0.857. The molecule has 0 heterocycles. The first-order valence-electron chi connectivity index (χ1n) is 2.85. The van der Waals surface area contributed by atoms with Crippen molar-refractivity contribution in [2.24, 2.45) is 5.92 Å². The molecule has 0 aliphatic rings. The average Bonchev–Trinajstić information content (AvgIpc) is 1.63. The van der Waals surface area contributed by atoms with E-state index in [1.54, 1.807) is 0 Å². The molecule has 0 spiro atoms. The lowest BCUT2D eigenvalue weighted by Crippen LogP contribution is -2.08. The van der Waals surface area contributed by atoms with E-state index in [2.05, 4.69) is 59.0 Å². The Bertz CT molecular complexity index is 99.2. The van der Waals surface area contributed by atoms with Crippen LogP contribution < -0.4 is 0 Å². The van der Waals surface area contributed by atoms with E-state index < -0.39 is 0 Å². The second-order valence-electron chi connectivity index (χ2n) is 2.36. The van der Waals surface area contributed by atoms with E-state index in [9.17, 15) is 4.79 Å². The van der Waals surface area contributed by atoms with Gasteiger partial charge in [-0.05, 0) is 5.92 Å². The van der Waals surface area contributed by atoms with Crippen molar-refractivity contribution < 1.29 is 4.79 Å². The van der Waals surface area contributed by atoms with Gasteiger partial charge in [-0.2, -0.15) is 0 Å². The quantitative estimate of drug-likeness (QED) is 0.564. The van der Waals surface area contributed by atoms with E-state index in [4.69, 9.17) is 0 Å². The van der Waals surface area contributed by atoms with Crippen molar-refractivity contribution in [3.05, 3.63) is 0 Å². The van der Waals surface area contributed by atoms with Gasteiger partial charge < -0.3 is 0 Å². The number of carbonyl (C=O) groups is 1. The first-order chi connectivity index (χ1) is 4.04. The molecule has 0 atom stereocenters. The third-order valence-corrected chi connectivity index (χ3v) is 2.24. The van der Waals surface area contributed by atoms with Crippen LogP contribution in [0.2, 0.25) is 0 Å². The standard InChI is InChI=1S/C6H10I2O/c1-4(2)3-5(9)6(7)8/h4,6H,3H2,1-2H3. The van der Waals surface area contributed by atoms with Gasteiger partial charge in [0, 0.05) is 6.42 Å². The van der Waals surface area contributed by atoms with Crippen molar-refractivity contribution in [1.82, 2.24) is 0 Å². The zero-order valence-corrected chi connectivity index (χ0v) is 9.84. The van der Waals surface area contributed by atoms with Gasteiger partial charge in [0.25, 0.3) is 0 Å². The summed E-state index contributed by atoms with van der Waals surface area (Å²) in [4.78, 5) is 10.9. The summed E-state index contributed by atoms with van der Waals surface area (Å²) in [5.41, 5.74) is 0. The van der Waals surface area contributed by atoms with Crippen molar-refractivity contribution in [3.63, 3.8) is 0 Å². The Balaban J connectivity index is 3.51. The minimum Gasteiger partial charge on any atom is -0.298 e. The fraction of sp³-hybridized carbons (Fsp3) is 0.833. The van der Waals surface area contributed by atoms with Crippen LogP contribution in [0.25, 0.3) is 0 Å². The molecule has 0 bridgehead atoms. The zero-order valence-electron chi connectivity index (χ0n) is 5.53.